The Labute approximate surface area is 250 Å². The van der Waals surface area contributed by atoms with Gasteiger partial charge in [-0.2, -0.15) is 0 Å². The summed E-state index contributed by atoms with van der Waals surface area (Å²) in [5.41, 5.74) is -2.34. The lowest BCUT2D eigenvalue weighted by Gasteiger charge is -2.42. The minimum absolute atomic E-state index is 0.0200. The van der Waals surface area contributed by atoms with Crippen molar-refractivity contribution in [1.82, 2.24) is 15.1 Å². The van der Waals surface area contributed by atoms with Crippen molar-refractivity contribution in [2.45, 2.75) is 98.4 Å². The molecule has 1 aromatic rings. The zero-order valence-electron chi connectivity index (χ0n) is 27.1. The van der Waals surface area contributed by atoms with Gasteiger partial charge in [0.05, 0.1) is 6.04 Å². The summed E-state index contributed by atoms with van der Waals surface area (Å²) >= 11 is 0. The monoisotopic (exact) mass is 587 g/mol. The lowest BCUT2D eigenvalue weighted by Crippen LogP contribution is -2.63. The van der Waals surface area contributed by atoms with Gasteiger partial charge in [0.2, 0.25) is 17.4 Å². The summed E-state index contributed by atoms with van der Waals surface area (Å²) in [6.45, 7) is 17.1. The topological polar surface area (TPSA) is 133 Å². The predicted octanol–water partition coefficient (Wildman–Crippen LogP) is 4.42. The van der Waals surface area contributed by atoms with E-state index in [2.05, 4.69) is 5.32 Å². The van der Waals surface area contributed by atoms with E-state index < -0.39 is 52.5 Å². The Morgan fingerprint density at radius 2 is 1.45 bits per heavy atom. The van der Waals surface area contributed by atoms with E-state index in [9.17, 15) is 29.1 Å². The quantitative estimate of drug-likeness (QED) is 0.273. The van der Waals surface area contributed by atoms with Crippen LogP contribution in [0.25, 0.3) is 0 Å². The molecule has 42 heavy (non-hydrogen) atoms. The highest BCUT2D eigenvalue weighted by atomic mass is 16.6. The first-order valence-corrected chi connectivity index (χ1v) is 14.0. The number of hydrogen-bond donors (Lipinski definition) is 2. The van der Waals surface area contributed by atoms with E-state index in [0.29, 0.717) is 5.57 Å². The summed E-state index contributed by atoms with van der Waals surface area (Å²) < 4.78 is 5.28. The number of ether oxygens (including phenoxy) is 1. The molecule has 0 bridgehead atoms. The van der Waals surface area contributed by atoms with E-state index in [1.807, 2.05) is 65.0 Å². The minimum atomic E-state index is -1.84. The second-order valence-corrected chi connectivity index (χ2v) is 13.3. The van der Waals surface area contributed by atoms with Gasteiger partial charge in [-0.05, 0) is 43.2 Å². The fraction of sp³-hybridized carbons (Fsp3) is 0.594. The van der Waals surface area contributed by atoms with Crippen molar-refractivity contribution in [1.29, 1.82) is 0 Å². The Morgan fingerprint density at radius 3 is 1.88 bits per heavy atom. The molecule has 0 aliphatic carbocycles. The lowest BCUT2D eigenvalue weighted by molar-refractivity contribution is -0.156. The molecule has 234 valence electrons. The van der Waals surface area contributed by atoms with Crippen LogP contribution in [0.1, 0.15) is 74.8 Å². The van der Waals surface area contributed by atoms with Gasteiger partial charge in [-0.3, -0.25) is 19.3 Å². The van der Waals surface area contributed by atoms with E-state index in [-0.39, 0.29) is 11.8 Å². The van der Waals surface area contributed by atoms with Crippen LogP contribution in [0.15, 0.2) is 42.0 Å². The van der Waals surface area contributed by atoms with E-state index >= 15 is 0 Å². The number of carbonyl (C=O) groups excluding carboxylic acids is 4. The number of carboxylic acid groups (broad SMARTS) is 1. The molecule has 10 heteroatoms. The van der Waals surface area contributed by atoms with Crippen molar-refractivity contribution in [2.24, 2.45) is 11.3 Å². The molecule has 0 saturated carbocycles. The van der Waals surface area contributed by atoms with Crippen molar-refractivity contribution in [3.05, 3.63) is 47.5 Å². The number of nitrogens with one attached hydrogen (secondary N) is 1. The Hall–Kier alpha value is -3.69. The van der Waals surface area contributed by atoms with Crippen molar-refractivity contribution in [3.8, 4) is 0 Å². The van der Waals surface area contributed by atoms with Gasteiger partial charge in [0.15, 0.2) is 0 Å². The number of likely N-dealkylation sites (N-methyl/N-ethyl adjacent to an activating group) is 2. The Balaban J connectivity index is 3.62. The van der Waals surface area contributed by atoms with Crippen LogP contribution in [0.5, 0.6) is 0 Å². The van der Waals surface area contributed by atoms with Gasteiger partial charge in [0.25, 0.3) is 0 Å². The molecule has 0 saturated heterocycles. The average Bonchev–Trinajstić information content (AvgIpc) is 2.88. The third kappa shape index (κ3) is 8.90. The Bertz CT molecular complexity index is 1170. The minimum Gasteiger partial charge on any atom is -0.478 e. The van der Waals surface area contributed by atoms with E-state index in [1.54, 1.807) is 33.9 Å². The number of rotatable bonds is 12. The summed E-state index contributed by atoms with van der Waals surface area (Å²) in [6.07, 6.45) is 1.46. The van der Waals surface area contributed by atoms with Crippen LogP contribution >= 0.6 is 0 Å². The van der Waals surface area contributed by atoms with Crippen molar-refractivity contribution >= 4 is 30.2 Å². The van der Waals surface area contributed by atoms with Crippen LogP contribution in [-0.4, -0.2) is 82.9 Å². The maximum atomic E-state index is 14.2. The highest BCUT2D eigenvalue weighted by Gasteiger charge is 2.46. The van der Waals surface area contributed by atoms with Crippen LogP contribution < -0.4 is 5.32 Å². The number of hydrogen-bond acceptors (Lipinski definition) is 6. The van der Waals surface area contributed by atoms with Gasteiger partial charge in [-0.15, -0.1) is 0 Å². The smallest absolute Gasteiger partial charge is 0.411 e. The summed E-state index contributed by atoms with van der Waals surface area (Å²) in [6, 6.07) is 6.51. The molecule has 10 nitrogen and oxygen atoms in total. The zero-order chi connectivity index (χ0) is 32.8. The number of nitrogens with zero attached hydrogens (tertiary/aromatic N) is 2. The SMILES string of the molecule is C/C(C=O)=C\[C@H](C(C)C)N(C)C(=O)[C@@H](NC(=O)[C@@H](N(C)C(=O)OC(C)(C)C(=O)O)C(C)(C)c1ccccc1)C(C)(C)C. The Kier molecular flexibility index (Phi) is 12.1. The molecule has 1 aromatic carbocycles. The molecule has 1 rings (SSSR count). The summed E-state index contributed by atoms with van der Waals surface area (Å²) in [4.78, 5) is 67.0. The van der Waals surface area contributed by atoms with E-state index in [4.69, 9.17) is 4.74 Å². The molecule has 0 aromatic heterocycles. The summed E-state index contributed by atoms with van der Waals surface area (Å²) in [5.74, 6) is -2.34. The third-order valence-electron chi connectivity index (χ3n) is 7.48. The number of amides is 3. The maximum absolute atomic E-state index is 14.2. The maximum Gasteiger partial charge on any atom is 0.411 e. The van der Waals surface area contributed by atoms with Gasteiger partial charge < -0.3 is 20.1 Å². The van der Waals surface area contributed by atoms with Crippen molar-refractivity contribution in [3.63, 3.8) is 0 Å². The number of carbonyl (C=O) groups is 5. The molecule has 0 spiro atoms. The van der Waals surface area contributed by atoms with Gasteiger partial charge in [0.1, 0.15) is 18.4 Å². The number of allylic oxidation sites excluding steroid dienone is 1. The van der Waals surface area contributed by atoms with Crippen LogP contribution in [0.2, 0.25) is 0 Å². The highest BCUT2D eigenvalue weighted by Crippen LogP contribution is 2.32. The molecule has 0 aliphatic rings. The molecule has 0 unspecified atom stereocenters. The molecular weight excluding hydrogens is 538 g/mol. The number of carboxylic acids is 1. The van der Waals surface area contributed by atoms with Gasteiger partial charge in [-0.1, -0.05) is 84.9 Å². The largest absolute Gasteiger partial charge is 0.478 e. The number of benzene rings is 1. The molecular formula is C32H49N3O7. The summed E-state index contributed by atoms with van der Waals surface area (Å²) in [5, 5.41) is 12.4. The highest BCUT2D eigenvalue weighted by molar-refractivity contribution is 5.93. The van der Waals surface area contributed by atoms with Gasteiger partial charge >= 0.3 is 12.1 Å². The molecule has 0 aliphatic heterocycles. The molecule has 0 radical (unpaired) electrons. The van der Waals surface area contributed by atoms with E-state index in [0.717, 1.165) is 16.7 Å². The normalized spacial score (nSPS) is 14.8. The van der Waals surface area contributed by atoms with E-state index in [1.165, 1.54) is 25.8 Å². The zero-order valence-corrected chi connectivity index (χ0v) is 27.1. The molecule has 2 N–H and O–H groups in total. The first-order chi connectivity index (χ1) is 19.1. The standard InChI is InChI=1S/C32H49N3O7/c1-20(2)23(18-21(3)19-36)34(11)27(38)24(30(4,5)6)33-26(37)25(31(7,8)22-16-14-13-15-17-22)35(12)29(41)42-32(9,10)28(39)40/h13-20,23-25H,1-12H3,(H,33,37)(H,39,40)/b21-18+/t23-,24-,25-/m1/s1. The first-order valence-electron chi connectivity index (χ1n) is 14.0. The van der Waals surface area contributed by atoms with Gasteiger partial charge in [-0.25, -0.2) is 9.59 Å². The van der Waals surface area contributed by atoms with Crippen LogP contribution in [-0.2, 0) is 29.3 Å². The molecule has 3 amide bonds. The number of aliphatic carboxylic acids is 1. The van der Waals surface area contributed by atoms with Crippen molar-refractivity contribution < 1.29 is 33.8 Å². The van der Waals surface area contributed by atoms with Gasteiger partial charge in [0, 0.05) is 19.5 Å². The second kappa shape index (κ2) is 14.0. The fourth-order valence-corrected chi connectivity index (χ4v) is 4.73. The summed E-state index contributed by atoms with van der Waals surface area (Å²) in [7, 11) is 3.01. The van der Waals surface area contributed by atoms with Crippen LogP contribution in [0, 0.1) is 11.3 Å². The molecule has 0 fully saturated rings. The number of aldehydes is 1. The Morgan fingerprint density at radius 1 is 0.929 bits per heavy atom. The van der Waals surface area contributed by atoms with Crippen LogP contribution in [0.4, 0.5) is 4.79 Å². The third-order valence-corrected chi connectivity index (χ3v) is 7.48. The molecule has 3 atom stereocenters. The molecule has 0 heterocycles. The first kappa shape index (κ1) is 36.3. The lowest BCUT2D eigenvalue weighted by atomic mass is 9.76. The van der Waals surface area contributed by atoms with Crippen molar-refractivity contribution in [2.75, 3.05) is 14.1 Å². The second-order valence-electron chi connectivity index (χ2n) is 13.3. The van der Waals surface area contributed by atoms with Crippen LogP contribution in [0.3, 0.4) is 0 Å². The fourth-order valence-electron chi connectivity index (χ4n) is 4.73. The predicted molar refractivity (Wildman–Crippen MR) is 162 cm³/mol. The average molecular weight is 588 g/mol.